The van der Waals surface area contributed by atoms with Crippen molar-refractivity contribution < 1.29 is 19.2 Å². The molecule has 3 fully saturated rings. The van der Waals surface area contributed by atoms with Gasteiger partial charge in [0, 0.05) is 75.4 Å². The summed E-state index contributed by atoms with van der Waals surface area (Å²) in [6.07, 6.45) is 5.72. The molecule has 2 aromatic carbocycles. The number of fused-ring (bicyclic) bond motifs is 2. The fourth-order valence-corrected chi connectivity index (χ4v) is 8.07. The van der Waals surface area contributed by atoms with Crippen molar-refractivity contribution in [2.24, 2.45) is 0 Å². The molecule has 3 saturated heterocycles. The van der Waals surface area contributed by atoms with Gasteiger partial charge in [-0.2, -0.15) is 5.10 Å². The first kappa shape index (κ1) is 33.6. The zero-order valence-corrected chi connectivity index (χ0v) is 28.8. The van der Waals surface area contributed by atoms with Gasteiger partial charge in [0.1, 0.15) is 6.04 Å². The fraction of sp³-hybridized carbons (Fsp3) is 0.543. The van der Waals surface area contributed by atoms with E-state index in [2.05, 4.69) is 37.7 Å². The van der Waals surface area contributed by atoms with E-state index in [0.717, 1.165) is 73.2 Å². The molecule has 4 aliphatic rings. The van der Waals surface area contributed by atoms with Gasteiger partial charge < -0.3 is 30.2 Å². The molecule has 0 aliphatic carbocycles. The molecule has 1 atom stereocenters. The number of carbonyl (C=O) groups excluding carboxylic acids is 3. The quantitative estimate of drug-likeness (QED) is 0.343. The van der Waals surface area contributed by atoms with Crippen molar-refractivity contribution in [3.63, 3.8) is 0 Å². The third-order valence-corrected chi connectivity index (χ3v) is 10.9. The molecule has 49 heavy (non-hydrogen) atoms. The predicted octanol–water partition coefficient (Wildman–Crippen LogP) is 3.56. The number of para-hydroxylation sites is 1. The minimum Gasteiger partial charge on any atom is -0.351 e. The van der Waals surface area contributed by atoms with Crippen LogP contribution >= 0.6 is 11.6 Å². The van der Waals surface area contributed by atoms with Crippen LogP contribution in [-0.4, -0.2) is 137 Å². The first-order valence-electron chi connectivity index (χ1n) is 17.5. The van der Waals surface area contributed by atoms with Crippen molar-refractivity contribution in [2.45, 2.75) is 56.7 Å². The largest absolute Gasteiger partial charge is 0.426 e. The van der Waals surface area contributed by atoms with E-state index in [-0.39, 0.29) is 24.4 Å². The molecule has 0 saturated carbocycles. The minimum absolute atomic E-state index is 0.0438. The molecule has 14 heteroatoms. The zero-order valence-electron chi connectivity index (χ0n) is 28.1. The summed E-state index contributed by atoms with van der Waals surface area (Å²) in [5.74, 6) is -0.129. The molecule has 4 aliphatic heterocycles. The Morgan fingerprint density at radius 3 is 2.49 bits per heavy atom. The molecule has 3 aromatic rings. The summed E-state index contributed by atoms with van der Waals surface area (Å²) < 4.78 is 0. The number of hydrogen-bond donors (Lipinski definition) is 3. The van der Waals surface area contributed by atoms with Gasteiger partial charge in [-0.25, -0.2) is 9.59 Å². The van der Waals surface area contributed by atoms with E-state index in [1.54, 1.807) is 11.3 Å². The maximum Gasteiger partial charge on any atom is 0.426 e. The average molecular weight is 692 g/mol. The molecule has 0 radical (unpaired) electrons. The van der Waals surface area contributed by atoms with Crippen molar-refractivity contribution in [3.05, 3.63) is 58.7 Å². The summed E-state index contributed by atoms with van der Waals surface area (Å²) >= 11 is 6.54. The van der Waals surface area contributed by atoms with Gasteiger partial charge in [0.15, 0.2) is 0 Å². The number of aromatic amines is 1. The Labute approximate surface area is 291 Å². The van der Waals surface area contributed by atoms with Gasteiger partial charge in [-0.1, -0.05) is 29.8 Å². The molecule has 262 valence electrons. The highest BCUT2D eigenvalue weighted by atomic mass is 35.5. The van der Waals surface area contributed by atoms with Gasteiger partial charge in [-0.3, -0.25) is 14.8 Å². The van der Waals surface area contributed by atoms with Crippen molar-refractivity contribution in [1.82, 2.24) is 40.2 Å². The lowest BCUT2D eigenvalue weighted by Gasteiger charge is -2.42. The van der Waals surface area contributed by atoms with E-state index in [9.17, 15) is 14.4 Å². The topological polar surface area (TPSA) is 129 Å². The van der Waals surface area contributed by atoms with Crippen LogP contribution in [0.25, 0.3) is 10.9 Å². The summed E-state index contributed by atoms with van der Waals surface area (Å²) in [7, 11) is 2.17. The molecule has 1 aromatic heterocycles. The molecule has 7 rings (SSSR count). The highest BCUT2D eigenvalue weighted by molar-refractivity contribution is 6.35. The maximum atomic E-state index is 14.0. The Bertz CT molecular complexity index is 1640. The number of rotatable bonds is 7. The van der Waals surface area contributed by atoms with Crippen LogP contribution in [0, 0.1) is 0 Å². The maximum absolute atomic E-state index is 14.0. The Kier molecular flexibility index (Phi) is 10.2. The van der Waals surface area contributed by atoms with E-state index in [4.69, 9.17) is 16.4 Å². The number of aromatic nitrogens is 2. The number of halogens is 1. The summed E-state index contributed by atoms with van der Waals surface area (Å²) in [6.45, 7) is 6.67. The van der Waals surface area contributed by atoms with Gasteiger partial charge in [0.2, 0.25) is 5.91 Å². The second-order valence-electron chi connectivity index (χ2n) is 13.8. The van der Waals surface area contributed by atoms with Crippen molar-refractivity contribution in [3.8, 4) is 0 Å². The third-order valence-electron chi connectivity index (χ3n) is 10.6. The lowest BCUT2D eigenvalue weighted by atomic mass is 10.0. The van der Waals surface area contributed by atoms with Crippen molar-refractivity contribution in [1.29, 1.82) is 0 Å². The fourth-order valence-electron chi connectivity index (χ4n) is 7.78. The van der Waals surface area contributed by atoms with E-state index in [1.165, 1.54) is 0 Å². The van der Waals surface area contributed by atoms with E-state index in [0.29, 0.717) is 56.6 Å². The first-order chi connectivity index (χ1) is 23.8. The number of nitrogens with one attached hydrogen (secondary N) is 3. The van der Waals surface area contributed by atoms with Crippen molar-refractivity contribution in [2.75, 3.05) is 71.3 Å². The molecule has 3 N–H and O–H groups in total. The number of benzene rings is 2. The van der Waals surface area contributed by atoms with Crippen molar-refractivity contribution >= 4 is 46.2 Å². The van der Waals surface area contributed by atoms with E-state index < -0.39 is 12.1 Å². The Balaban J connectivity index is 0.964. The number of hydroxylamine groups is 2. The lowest BCUT2D eigenvalue weighted by molar-refractivity contribution is -0.138. The highest BCUT2D eigenvalue weighted by Crippen LogP contribution is 2.26. The Morgan fingerprint density at radius 2 is 1.71 bits per heavy atom. The number of likely N-dealkylation sites (tertiary alicyclic amines) is 1. The molecule has 0 bridgehead atoms. The molecule has 1 unspecified atom stereocenters. The van der Waals surface area contributed by atoms with Crippen LogP contribution in [0.2, 0.25) is 5.02 Å². The number of amides is 4. The number of urea groups is 1. The number of anilines is 1. The monoisotopic (exact) mass is 691 g/mol. The first-order valence-corrected chi connectivity index (χ1v) is 17.9. The lowest BCUT2D eigenvalue weighted by Crippen LogP contribution is -2.58. The van der Waals surface area contributed by atoms with Crippen LogP contribution < -0.4 is 10.6 Å². The van der Waals surface area contributed by atoms with Gasteiger partial charge in [0.05, 0.1) is 16.7 Å². The zero-order chi connectivity index (χ0) is 33.9. The Morgan fingerprint density at radius 1 is 0.980 bits per heavy atom. The average Bonchev–Trinajstić information content (AvgIpc) is 3.52. The molecular formula is C35H46ClN9O4. The smallest absolute Gasteiger partial charge is 0.351 e. The van der Waals surface area contributed by atoms with Crippen LogP contribution in [0.1, 0.15) is 36.8 Å². The summed E-state index contributed by atoms with van der Waals surface area (Å²) in [5, 5.41) is 15.9. The number of nitrogens with zero attached hydrogens (tertiary/aromatic N) is 6. The number of piperazine rings is 1. The van der Waals surface area contributed by atoms with Crippen LogP contribution in [0.5, 0.6) is 0 Å². The predicted molar refractivity (Wildman–Crippen MR) is 187 cm³/mol. The molecule has 0 spiro atoms. The number of hydrogen-bond acceptors (Lipinski definition) is 8. The number of carbonyl (C=O) groups is 3. The second-order valence-corrected chi connectivity index (χ2v) is 14.2. The minimum atomic E-state index is -0.831. The van der Waals surface area contributed by atoms with E-state index in [1.807, 2.05) is 46.2 Å². The standard InChI is InChI=1S/C35H46ClN9O4/c1-41-11-7-27(8-12-41)42-16-18-43(19-17-42)33(46)31(22-24-20-26-23-37-40-32(26)29(36)21-24)39-35(48)49-44-13-9-28(10-14-44)45-15-6-25-4-2-3-5-30(25)38-34(45)47/h2-5,20-21,23,27-28,31H,6-19,22H2,1H3,(H,37,40)(H,38,47)(H,39,48). The Hall–Kier alpha value is -3.91. The molecular weight excluding hydrogens is 646 g/mol. The van der Waals surface area contributed by atoms with E-state index >= 15 is 0 Å². The third kappa shape index (κ3) is 7.80. The molecule has 5 heterocycles. The van der Waals surface area contributed by atoms with Gasteiger partial charge in [0.25, 0.3) is 0 Å². The summed E-state index contributed by atoms with van der Waals surface area (Å²) in [4.78, 5) is 54.8. The number of H-pyrrole nitrogens is 1. The van der Waals surface area contributed by atoms with Crippen LogP contribution in [-0.2, 0) is 22.5 Å². The summed E-state index contributed by atoms with van der Waals surface area (Å²) in [5.41, 5.74) is 3.55. The summed E-state index contributed by atoms with van der Waals surface area (Å²) in [6, 6.07) is 11.3. The van der Waals surface area contributed by atoms with Gasteiger partial charge in [-0.05, 0) is 81.6 Å². The molecule has 4 amide bonds. The van der Waals surface area contributed by atoms with Gasteiger partial charge >= 0.3 is 12.1 Å². The van der Waals surface area contributed by atoms with Gasteiger partial charge in [-0.15, -0.1) is 5.06 Å². The highest BCUT2D eigenvalue weighted by Gasteiger charge is 2.34. The normalized spacial score (nSPS) is 21.2. The second kappa shape index (κ2) is 14.9. The molecule has 13 nitrogen and oxygen atoms in total. The SMILES string of the molecule is CN1CCC(N2CCN(C(=O)C(Cc3cc(Cl)c4[nH]ncc4c3)NC(=O)ON3CCC(N4CCc5ccccc5NC4=O)CC3)CC2)CC1. The number of piperidine rings is 2. The van der Waals surface area contributed by atoms with Crippen LogP contribution in [0.4, 0.5) is 15.3 Å². The van der Waals surface area contributed by atoms with Crippen LogP contribution in [0.3, 0.4) is 0 Å². The van der Waals surface area contributed by atoms with Crippen LogP contribution in [0.15, 0.2) is 42.6 Å².